The van der Waals surface area contributed by atoms with Crippen molar-refractivity contribution in [3.63, 3.8) is 0 Å². The highest BCUT2D eigenvalue weighted by molar-refractivity contribution is 7.80. The van der Waals surface area contributed by atoms with E-state index in [4.69, 9.17) is 22.7 Å². The maximum atomic E-state index is 11.3. The van der Waals surface area contributed by atoms with Crippen LogP contribution in [-0.4, -0.2) is 36.5 Å². The molecular formula is C12H16N2O2S. The summed E-state index contributed by atoms with van der Waals surface area (Å²) in [6.07, 6.45) is 0.576. The van der Waals surface area contributed by atoms with Crippen molar-refractivity contribution in [1.82, 2.24) is 4.90 Å². The molecule has 0 fully saturated rings. The lowest BCUT2D eigenvalue weighted by Gasteiger charge is -2.11. The summed E-state index contributed by atoms with van der Waals surface area (Å²) >= 11 is 4.82. The Hall–Kier alpha value is -1.62. The van der Waals surface area contributed by atoms with Crippen LogP contribution in [0.3, 0.4) is 0 Å². The molecule has 1 rings (SSSR count). The van der Waals surface area contributed by atoms with E-state index in [1.165, 1.54) is 4.90 Å². The first-order valence-electron chi connectivity index (χ1n) is 5.19. The highest BCUT2D eigenvalue weighted by Gasteiger charge is 2.04. The molecule has 1 amide bonds. The number of benzene rings is 1. The van der Waals surface area contributed by atoms with E-state index in [0.717, 1.165) is 5.56 Å². The van der Waals surface area contributed by atoms with Gasteiger partial charge in [-0.2, -0.15) is 0 Å². The first-order chi connectivity index (χ1) is 7.99. The summed E-state index contributed by atoms with van der Waals surface area (Å²) in [5.41, 5.74) is 6.48. The SMILES string of the molecule is CN(C)C(=O)COc1ccc(CC(N)=S)cc1. The number of nitrogens with two attached hydrogens (primary N) is 1. The number of carbonyl (C=O) groups excluding carboxylic acids is 1. The first kappa shape index (κ1) is 13.4. The van der Waals surface area contributed by atoms with E-state index < -0.39 is 0 Å². The second kappa shape index (κ2) is 6.20. The molecule has 0 heterocycles. The molecule has 0 saturated heterocycles. The van der Waals surface area contributed by atoms with Crippen LogP contribution in [0.2, 0.25) is 0 Å². The van der Waals surface area contributed by atoms with Gasteiger partial charge in [-0.25, -0.2) is 0 Å². The van der Waals surface area contributed by atoms with Crippen LogP contribution in [0.5, 0.6) is 5.75 Å². The summed E-state index contributed by atoms with van der Waals surface area (Å²) < 4.78 is 5.33. The quantitative estimate of drug-likeness (QED) is 0.794. The Bertz CT molecular complexity index is 401. The van der Waals surface area contributed by atoms with Crippen molar-refractivity contribution in [2.24, 2.45) is 5.73 Å². The van der Waals surface area contributed by atoms with Gasteiger partial charge in [0.1, 0.15) is 5.75 Å². The molecule has 1 aromatic carbocycles. The van der Waals surface area contributed by atoms with Crippen molar-refractivity contribution in [3.8, 4) is 5.75 Å². The van der Waals surface area contributed by atoms with Gasteiger partial charge >= 0.3 is 0 Å². The van der Waals surface area contributed by atoms with Crippen LogP contribution in [0.4, 0.5) is 0 Å². The Morgan fingerprint density at radius 3 is 2.41 bits per heavy atom. The lowest BCUT2D eigenvalue weighted by Crippen LogP contribution is -2.27. The number of carbonyl (C=O) groups is 1. The van der Waals surface area contributed by atoms with E-state index in [1.807, 2.05) is 12.1 Å². The molecule has 92 valence electrons. The number of ether oxygens (including phenoxy) is 1. The number of rotatable bonds is 5. The Kier molecular flexibility index (Phi) is 4.90. The molecule has 0 spiro atoms. The molecular weight excluding hydrogens is 236 g/mol. The Labute approximate surface area is 106 Å². The third kappa shape index (κ3) is 4.82. The molecule has 5 heteroatoms. The van der Waals surface area contributed by atoms with Crippen molar-refractivity contribution in [2.45, 2.75) is 6.42 Å². The fourth-order valence-electron chi connectivity index (χ4n) is 1.18. The van der Waals surface area contributed by atoms with Gasteiger partial charge in [-0.05, 0) is 17.7 Å². The van der Waals surface area contributed by atoms with E-state index in [0.29, 0.717) is 17.2 Å². The minimum absolute atomic E-state index is 0.0433. The van der Waals surface area contributed by atoms with E-state index in [1.54, 1.807) is 26.2 Å². The number of hydrogen-bond donors (Lipinski definition) is 1. The van der Waals surface area contributed by atoms with Crippen LogP contribution in [-0.2, 0) is 11.2 Å². The molecule has 0 saturated carbocycles. The summed E-state index contributed by atoms with van der Waals surface area (Å²) in [6.45, 7) is 0.0433. The minimum atomic E-state index is -0.0720. The van der Waals surface area contributed by atoms with Gasteiger partial charge < -0.3 is 15.4 Å². The monoisotopic (exact) mass is 252 g/mol. The van der Waals surface area contributed by atoms with Crippen LogP contribution in [0.25, 0.3) is 0 Å². The summed E-state index contributed by atoms with van der Waals surface area (Å²) in [5, 5.41) is 0. The Morgan fingerprint density at radius 2 is 1.94 bits per heavy atom. The van der Waals surface area contributed by atoms with Crippen LogP contribution in [0.15, 0.2) is 24.3 Å². The van der Waals surface area contributed by atoms with Crippen molar-refractivity contribution in [3.05, 3.63) is 29.8 Å². The second-order valence-electron chi connectivity index (χ2n) is 3.86. The Morgan fingerprint density at radius 1 is 1.35 bits per heavy atom. The van der Waals surface area contributed by atoms with Crippen LogP contribution >= 0.6 is 12.2 Å². The first-order valence-corrected chi connectivity index (χ1v) is 5.60. The van der Waals surface area contributed by atoms with E-state index in [2.05, 4.69) is 0 Å². The number of nitrogens with zero attached hydrogens (tertiary/aromatic N) is 1. The molecule has 0 aliphatic carbocycles. The van der Waals surface area contributed by atoms with Crippen LogP contribution in [0.1, 0.15) is 5.56 Å². The smallest absolute Gasteiger partial charge is 0.259 e. The van der Waals surface area contributed by atoms with Gasteiger partial charge in [0.15, 0.2) is 6.61 Å². The summed E-state index contributed by atoms with van der Waals surface area (Å²) in [4.78, 5) is 13.2. The van der Waals surface area contributed by atoms with Gasteiger partial charge in [-0.1, -0.05) is 24.4 Å². The van der Waals surface area contributed by atoms with Crippen molar-refractivity contribution in [1.29, 1.82) is 0 Å². The fraction of sp³-hybridized carbons (Fsp3) is 0.333. The highest BCUT2D eigenvalue weighted by atomic mass is 32.1. The predicted molar refractivity (Wildman–Crippen MR) is 71.1 cm³/mol. The molecule has 4 nitrogen and oxygen atoms in total. The van der Waals surface area contributed by atoms with Crippen LogP contribution in [0, 0.1) is 0 Å². The molecule has 0 aliphatic heterocycles. The summed E-state index contributed by atoms with van der Waals surface area (Å²) in [5.74, 6) is 0.587. The predicted octanol–water partition coefficient (Wildman–Crippen LogP) is 0.982. The average Bonchev–Trinajstić information content (AvgIpc) is 2.26. The zero-order valence-corrected chi connectivity index (χ0v) is 10.8. The largest absolute Gasteiger partial charge is 0.484 e. The van der Waals surface area contributed by atoms with Gasteiger partial charge in [-0.15, -0.1) is 0 Å². The van der Waals surface area contributed by atoms with Gasteiger partial charge in [0.25, 0.3) is 5.91 Å². The zero-order chi connectivity index (χ0) is 12.8. The third-order valence-corrected chi connectivity index (χ3v) is 2.31. The molecule has 0 aliphatic rings. The minimum Gasteiger partial charge on any atom is -0.484 e. The van der Waals surface area contributed by atoms with Crippen LogP contribution < -0.4 is 10.5 Å². The Balaban J connectivity index is 2.51. The number of likely N-dealkylation sites (N-methyl/N-ethyl adjacent to an activating group) is 1. The van der Waals surface area contributed by atoms with Crippen molar-refractivity contribution < 1.29 is 9.53 Å². The molecule has 0 unspecified atom stereocenters. The maximum Gasteiger partial charge on any atom is 0.259 e. The van der Waals surface area contributed by atoms with Gasteiger partial charge in [-0.3, -0.25) is 4.79 Å². The van der Waals surface area contributed by atoms with Gasteiger partial charge in [0.05, 0.1) is 4.99 Å². The lowest BCUT2D eigenvalue weighted by molar-refractivity contribution is -0.130. The van der Waals surface area contributed by atoms with Crippen molar-refractivity contribution >= 4 is 23.1 Å². The number of hydrogen-bond acceptors (Lipinski definition) is 3. The van der Waals surface area contributed by atoms with Gasteiger partial charge in [0.2, 0.25) is 0 Å². The molecule has 17 heavy (non-hydrogen) atoms. The zero-order valence-electron chi connectivity index (χ0n) is 9.97. The second-order valence-corrected chi connectivity index (χ2v) is 4.39. The third-order valence-electron chi connectivity index (χ3n) is 2.16. The summed E-state index contributed by atoms with van der Waals surface area (Å²) in [6, 6.07) is 7.37. The standard InChI is InChI=1S/C12H16N2O2S/c1-14(2)12(15)8-16-10-5-3-9(4-6-10)7-11(13)17/h3-6H,7-8H2,1-2H3,(H2,13,17). The lowest BCUT2D eigenvalue weighted by atomic mass is 10.1. The molecule has 0 radical (unpaired) electrons. The topological polar surface area (TPSA) is 55.6 Å². The average molecular weight is 252 g/mol. The normalized spacial score (nSPS) is 9.76. The number of amides is 1. The van der Waals surface area contributed by atoms with E-state index >= 15 is 0 Å². The molecule has 2 N–H and O–H groups in total. The molecule has 0 atom stereocenters. The van der Waals surface area contributed by atoms with E-state index in [9.17, 15) is 4.79 Å². The fourth-order valence-corrected chi connectivity index (χ4v) is 1.35. The van der Waals surface area contributed by atoms with E-state index in [-0.39, 0.29) is 12.5 Å². The number of thiocarbonyl (C=S) groups is 1. The molecule has 0 bridgehead atoms. The molecule has 0 aromatic heterocycles. The highest BCUT2D eigenvalue weighted by Crippen LogP contribution is 2.12. The summed E-state index contributed by atoms with van der Waals surface area (Å²) in [7, 11) is 3.38. The molecule has 1 aromatic rings. The maximum absolute atomic E-state index is 11.3. The van der Waals surface area contributed by atoms with Crippen molar-refractivity contribution in [2.75, 3.05) is 20.7 Å². The van der Waals surface area contributed by atoms with Gasteiger partial charge in [0, 0.05) is 20.5 Å².